The van der Waals surface area contributed by atoms with Gasteiger partial charge in [-0.2, -0.15) is 0 Å². The summed E-state index contributed by atoms with van der Waals surface area (Å²) in [5, 5.41) is 14.6. The largest absolute Gasteiger partial charge is 0.395 e. The van der Waals surface area contributed by atoms with E-state index in [1.54, 1.807) is 25.4 Å². The zero-order valence-corrected chi connectivity index (χ0v) is 19.1. The summed E-state index contributed by atoms with van der Waals surface area (Å²) in [6.45, 7) is 0.174. The highest BCUT2D eigenvalue weighted by Gasteiger charge is 2.20. The molecule has 32 heavy (non-hydrogen) atoms. The van der Waals surface area contributed by atoms with Crippen molar-refractivity contribution in [1.82, 2.24) is 10.0 Å². The molecule has 0 aliphatic rings. The standard InChI is InChI=1S/C21H24ClFN4O4S/c1-24-12-15(13-26-7-8-28)18-6-5-17(11-20(18)32(30,31)25-2)27-21(29)9-14-3-4-16(23)10-19(14)22/h3-6,10-13,25-26,28H,7-9H2,1-2H3,(H,27,29)/b15-13+,24-12+. The molecule has 0 saturated carbocycles. The summed E-state index contributed by atoms with van der Waals surface area (Å²) >= 11 is 5.97. The molecule has 4 N–H and O–H groups in total. The molecule has 0 aromatic heterocycles. The SMILES string of the molecule is C/N=C/C(=C\NCCO)c1ccc(NC(=O)Cc2ccc(F)cc2Cl)cc1S(=O)(=O)NC. The maximum Gasteiger partial charge on any atom is 0.241 e. The van der Waals surface area contributed by atoms with E-state index in [1.165, 1.54) is 31.5 Å². The van der Waals surface area contributed by atoms with Crippen LogP contribution in [0.15, 0.2) is 52.5 Å². The number of amides is 1. The highest BCUT2D eigenvalue weighted by atomic mass is 35.5. The molecule has 0 aliphatic heterocycles. The third-order valence-electron chi connectivity index (χ3n) is 4.28. The Morgan fingerprint density at radius 3 is 2.62 bits per heavy atom. The molecular formula is C21H24ClFN4O4S. The van der Waals surface area contributed by atoms with Crippen LogP contribution in [0.5, 0.6) is 0 Å². The predicted molar refractivity (Wildman–Crippen MR) is 124 cm³/mol. The third kappa shape index (κ3) is 6.86. The van der Waals surface area contributed by atoms with E-state index >= 15 is 0 Å². The van der Waals surface area contributed by atoms with Gasteiger partial charge in [-0.05, 0) is 36.9 Å². The number of rotatable bonds is 10. The Labute approximate surface area is 191 Å². The second kappa shape index (κ2) is 11.7. The van der Waals surface area contributed by atoms with Gasteiger partial charge in [0.15, 0.2) is 0 Å². The Balaban J connectivity index is 2.38. The van der Waals surface area contributed by atoms with Gasteiger partial charge in [-0.1, -0.05) is 23.7 Å². The number of aliphatic hydroxyl groups is 1. The first kappa shape index (κ1) is 25.5. The number of allylic oxidation sites excluding steroid dienone is 1. The Hall–Kier alpha value is -2.79. The lowest BCUT2D eigenvalue weighted by molar-refractivity contribution is -0.115. The first-order valence-corrected chi connectivity index (χ1v) is 11.4. The van der Waals surface area contributed by atoms with Crippen LogP contribution in [0.1, 0.15) is 11.1 Å². The van der Waals surface area contributed by atoms with Crippen molar-refractivity contribution >= 4 is 45.0 Å². The molecule has 8 nitrogen and oxygen atoms in total. The lowest BCUT2D eigenvalue weighted by Crippen LogP contribution is -2.21. The highest BCUT2D eigenvalue weighted by Crippen LogP contribution is 2.26. The lowest BCUT2D eigenvalue weighted by atomic mass is 10.1. The highest BCUT2D eigenvalue weighted by molar-refractivity contribution is 7.89. The van der Waals surface area contributed by atoms with Gasteiger partial charge in [0.1, 0.15) is 5.82 Å². The van der Waals surface area contributed by atoms with E-state index in [9.17, 15) is 17.6 Å². The fourth-order valence-corrected chi connectivity index (χ4v) is 4.00. The van der Waals surface area contributed by atoms with Crippen molar-refractivity contribution in [3.05, 3.63) is 64.6 Å². The molecule has 0 bridgehead atoms. The maximum absolute atomic E-state index is 13.2. The number of nitrogens with one attached hydrogen (secondary N) is 3. The number of halogens is 2. The summed E-state index contributed by atoms with van der Waals surface area (Å²) < 4.78 is 40.8. The van der Waals surface area contributed by atoms with Gasteiger partial charge in [0.2, 0.25) is 15.9 Å². The van der Waals surface area contributed by atoms with E-state index in [2.05, 4.69) is 20.3 Å². The van der Waals surface area contributed by atoms with Gasteiger partial charge in [0.05, 0.1) is 17.9 Å². The van der Waals surface area contributed by atoms with Crippen LogP contribution < -0.4 is 15.4 Å². The van der Waals surface area contributed by atoms with Gasteiger partial charge in [-0.25, -0.2) is 17.5 Å². The summed E-state index contributed by atoms with van der Waals surface area (Å²) in [6.07, 6.45) is 2.90. The van der Waals surface area contributed by atoms with Crippen LogP contribution in [0, 0.1) is 5.82 Å². The lowest BCUT2D eigenvalue weighted by Gasteiger charge is -2.14. The minimum atomic E-state index is -3.90. The fraction of sp³-hybridized carbons (Fsp3) is 0.238. The first-order chi connectivity index (χ1) is 15.2. The quantitative estimate of drug-likeness (QED) is 0.305. The molecular weight excluding hydrogens is 459 g/mol. The topological polar surface area (TPSA) is 120 Å². The van der Waals surface area contributed by atoms with Crippen molar-refractivity contribution in [2.75, 3.05) is 32.6 Å². The molecule has 0 spiro atoms. The second-order valence-corrected chi connectivity index (χ2v) is 8.81. The van der Waals surface area contributed by atoms with Crippen molar-refractivity contribution in [2.45, 2.75) is 11.3 Å². The fourth-order valence-electron chi connectivity index (χ4n) is 2.78. The van der Waals surface area contributed by atoms with Crippen LogP contribution in [0.25, 0.3) is 5.57 Å². The summed E-state index contributed by atoms with van der Waals surface area (Å²) in [5.41, 5.74) is 1.49. The van der Waals surface area contributed by atoms with Crippen LogP contribution in [-0.2, 0) is 21.2 Å². The number of sulfonamides is 1. The molecule has 0 saturated heterocycles. The third-order valence-corrected chi connectivity index (χ3v) is 6.09. The predicted octanol–water partition coefficient (Wildman–Crippen LogP) is 2.19. The van der Waals surface area contributed by atoms with Crippen LogP contribution in [0.2, 0.25) is 5.02 Å². The van der Waals surface area contributed by atoms with Crippen LogP contribution in [0.4, 0.5) is 10.1 Å². The van der Waals surface area contributed by atoms with Crippen molar-refractivity contribution in [3.8, 4) is 0 Å². The van der Waals surface area contributed by atoms with Gasteiger partial charge < -0.3 is 15.7 Å². The maximum atomic E-state index is 13.2. The van der Waals surface area contributed by atoms with Crippen LogP contribution in [-0.4, -0.2) is 52.9 Å². The number of anilines is 1. The van der Waals surface area contributed by atoms with Gasteiger partial charge in [-0.3, -0.25) is 9.79 Å². The molecule has 2 aromatic rings. The molecule has 1 amide bonds. The van der Waals surface area contributed by atoms with Crippen molar-refractivity contribution < 1.29 is 22.7 Å². The van der Waals surface area contributed by atoms with Gasteiger partial charge in [-0.15, -0.1) is 0 Å². The number of nitrogens with zero attached hydrogens (tertiary/aromatic N) is 1. The number of aliphatic hydroxyl groups excluding tert-OH is 1. The van der Waals surface area contributed by atoms with Crippen molar-refractivity contribution in [2.24, 2.45) is 4.99 Å². The second-order valence-electron chi connectivity index (χ2n) is 6.54. The molecule has 0 fully saturated rings. The Morgan fingerprint density at radius 2 is 2.00 bits per heavy atom. The molecule has 0 unspecified atom stereocenters. The normalized spacial score (nSPS) is 12.2. The summed E-state index contributed by atoms with van der Waals surface area (Å²) in [5.74, 6) is -0.959. The molecule has 0 radical (unpaired) electrons. The molecule has 2 rings (SSSR count). The number of carbonyl (C=O) groups is 1. The van der Waals surface area contributed by atoms with E-state index in [4.69, 9.17) is 16.7 Å². The zero-order valence-electron chi connectivity index (χ0n) is 17.5. The Bertz CT molecular complexity index is 1140. The number of hydrogen-bond acceptors (Lipinski definition) is 6. The van der Waals surface area contributed by atoms with Gasteiger partial charge in [0.25, 0.3) is 0 Å². The van der Waals surface area contributed by atoms with E-state index in [1.807, 2.05) is 0 Å². The Kier molecular flexibility index (Phi) is 9.33. The molecule has 172 valence electrons. The molecule has 0 atom stereocenters. The molecule has 2 aromatic carbocycles. The molecule has 0 heterocycles. The summed E-state index contributed by atoms with van der Waals surface area (Å²) in [6, 6.07) is 8.16. The van der Waals surface area contributed by atoms with E-state index in [0.29, 0.717) is 16.7 Å². The van der Waals surface area contributed by atoms with Crippen molar-refractivity contribution in [1.29, 1.82) is 0 Å². The minimum Gasteiger partial charge on any atom is -0.395 e. The van der Waals surface area contributed by atoms with E-state index in [0.717, 1.165) is 6.07 Å². The first-order valence-electron chi connectivity index (χ1n) is 9.50. The number of aliphatic imine (C=N–C) groups is 1. The monoisotopic (exact) mass is 482 g/mol. The van der Waals surface area contributed by atoms with Crippen LogP contribution in [0.3, 0.4) is 0 Å². The minimum absolute atomic E-state index is 0.0745. The van der Waals surface area contributed by atoms with E-state index in [-0.39, 0.29) is 35.2 Å². The average Bonchev–Trinajstić information content (AvgIpc) is 2.75. The Morgan fingerprint density at radius 1 is 1.25 bits per heavy atom. The molecule has 11 heteroatoms. The van der Waals surface area contributed by atoms with Gasteiger partial charge in [0, 0.05) is 47.9 Å². The smallest absolute Gasteiger partial charge is 0.241 e. The summed E-state index contributed by atoms with van der Waals surface area (Å²) in [4.78, 5) is 16.3. The van der Waals surface area contributed by atoms with E-state index < -0.39 is 21.7 Å². The number of carbonyl (C=O) groups excluding carboxylic acids is 1. The van der Waals surface area contributed by atoms with Gasteiger partial charge >= 0.3 is 0 Å². The van der Waals surface area contributed by atoms with Crippen LogP contribution >= 0.6 is 11.6 Å². The summed E-state index contributed by atoms with van der Waals surface area (Å²) in [7, 11) is -1.07. The number of benzene rings is 2. The number of hydrogen-bond donors (Lipinski definition) is 4. The average molecular weight is 483 g/mol. The van der Waals surface area contributed by atoms with Crippen molar-refractivity contribution in [3.63, 3.8) is 0 Å². The zero-order chi connectivity index (χ0) is 23.7. The molecule has 0 aliphatic carbocycles.